The molecule has 0 N–H and O–H groups in total. The molecule has 0 bridgehead atoms. The minimum atomic E-state index is 1.01. The van der Waals surface area contributed by atoms with Crippen LogP contribution in [0.1, 0.15) is 19.3 Å². The molecule has 0 heteroatoms. The first-order valence-electron chi connectivity index (χ1n) is 4.98. The first kappa shape index (κ1) is 12.7. The van der Waals surface area contributed by atoms with E-state index < -0.39 is 0 Å². The average Bonchev–Trinajstić information content (AvgIpc) is 2.21. The lowest BCUT2D eigenvalue weighted by Gasteiger charge is -1.84. The fourth-order valence-electron chi connectivity index (χ4n) is 0.836. The molecule has 0 saturated carbocycles. The van der Waals surface area contributed by atoms with Crippen LogP contribution < -0.4 is 0 Å². The fraction of sp³-hybridized carbons (Fsp3) is 0.214. The molecule has 0 atom stereocenters. The SMILES string of the molecule is [CH2]CCCC=CC=CC=CC=CC=C. The average molecular weight is 187 g/mol. The molecule has 0 aliphatic heterocycles. The lowest BCUT2D eigenvalue weighted by atomic mass is 10.2. The van der Waals surface area contributed by atoms with Crippen molar-refractivity contribution in [2.75, 3.05) is 0 Å². The predicted molar refractivity (Wildman–Crippen MR) is 66.0 cm³/mol. The third kappa shape index (κ3) is 10.7. The summed E-state index contributed by atoms with van der Waals surface area (Å²) in [6.07, 6.45) is 21.1. The van der Waals surface area contributed by atoms with Gasteiger partial charge >= 0.3 is 0 Å². The maximum absolute atomic E-state index is 3.78. The first-order chi connectivity index (χ1) is 6.91. The zero-order valence-corrected chi connectivity index (χ0v) is 8.73. The molecule has 0 rings (SSSR count). The van der Waals surface area contributed by atoms with Crippen molar-refractivity contribution in [2.45, 2.75) is 19.3 Å². The topological polar surface area (TPSA) is 0 Å². The number of allylic oxidation sites excluding steroid dienone is 9. The second-order valence-electron chi connectivity index (χ2n) is 2.81. The molecule has 0 amide bonds. The maximum Gasteiger partial charge on any atom is -0.0348 e. The van der Waals surface area contributed by atoms with Crippen molar-refractivity contribution in [3.05, 3.63) is 68.2 Å². The van der Waals surface area contributed by atoms with Gasteiger partial charge < -0.3 is 0 Å². The highest BCUT2D eigenvalue weighted by atomic mass is 13.8. The van der Waals surface area contributed by atoms with Gasteiger partial charge in [-0.25, -0.2) is 0 Å². The Labute approximate surface area is 88.0 Å². The molecule has 0 aromatic heterocycles. The zero-order valence-electron chi connectivity index (χ0n) is 8.73. The van der Waals surface area contributed by atoms with E-state index in [-0.39, 0.29) is 0 Å². The maximum atomic E-state index is 3.78. The monoisotopic (exact) mass is 187 g/mol. The normalized spacial score (nSPS) is 12.6. The number of hydrogen-bond donors (Lipinski definition) is 0. The van der Waals surface area contributed by atoms with E-state index in [1.807, 2.05) is 36.5 Å². The molecule has 0 aromatic rings. The van der Waals surface area contributed by atoms with Crippen LogP contribution in [0.2, 0.25) is 0 Å². The summed E-state index contributed by atoms with van der Waals surface area (Å²) >= 11 is 0. The Balaban J connectivity index is 3.52. The molecule has 1 radical (unpaired) electrons. The zero-order chi connectivity index (χ0) is 10.5. The van der Waals surface area contributed by atoms with Crippen LogP contribution in [-0.2, 0) is 0 Å². The lowest BCUT2D eigenvalue weighted by Crippen LogP contribution is -1.65. The molecule has 0 aromatic carbocycles. The van der Waals surface area contributed by atoms with Gasteiger partial charge in [-0.3, -0.25) is 0 Å². The van der Waals surface area contributed by atoms with Crippen molar-refractivity contribution in [1.82, 2.24) is 0 Å². The second kappa shape index (κ2) is 11.7. The lowest BCUT2D eigenvalue weighted by molar-refractivity contribution is 0.866. The third-order valence-corrected chi connectivity index (χ3v) is 1.56. The van der Waals surface area contributed by atoms with Crippen LogP contribution in [0, 0.1) is 6.92 Å². The molecular weight excluding hydrogens is 168 g/mol. The minimum Gasteiger partial charge on any atom is -0.0991 e. The van der Waals surface area contributed by atoms with Crippen LogP contribution in [0.3, 0.4) is 0 Å². The van der Waals surface area contributed by atoms with Gasteiger partial charge in [0, 0.05) is 0 Å². The third-order valence-electron chi connectivity index (χ3n) is 1.56. The van der Waals surface area contributed by atoms with Crippen molar-refractivity contribution >= 4 is 0 Å². The van der Waals surface area contributed by atoms with Gasteiger partial charge in [0.05, 0.1) is 0 Å². The van der Waals surface area contributed by atoms with E-state index in [2.05, 4.69) is 25.7 Å². The summed E-state index contributed by atoms with van der Waals surface area (Å²) in [5.74, 6) is 0. The van der Waals surface area contributed by atoms with Crippen molar-refractivity contribution < 1.29 is 0 Å². The highest BCUT2D eigenvalue weighted by Gasteiger charge is 1.74. The van der Waals surface area contributed by atoms with Crippen LogP contribution in [-0.4, -0.2) is 0 Å². The number of hydrogen-bond acceptors (Lipinski definition) is 0. The quantitative estimate of drug-likeness (QED) is 0.409. The Morgan fingerprint density at radius 2 is 1.36 bits per heavy atom. The van der Waals surface area contributed by atoms with E-state index in [0.717, 1.165) is 12.8 Å². The Hall–Kier alpha value is -1.30. The van der Waals surface area contributed by atoms with Crippen LogP contribution >= 0.6 is 0 Å². The molecule has 0 fully saturated rings. The number of rotatable bonds is 7. The highest BCUT2D eigenvalue weighted by Crippen LogP contribution is 1.94. The van der Waals surface area contributed by atoms with Gasteiger partial charge in [-0.05, 0) is 12.8 Å². The van der Waals surface area contributed by atoms with E-state index in [1.54, 1.807) is 6.08 Å². The Bertz CT molecular complexity index is 226. The van der Waals surface area contributed by atoms with E-state index in [1.165, 1.54) is 6.42 Å². The second-order valence-corrected chi connectivity index (χ2v) is 2.81. The largest absolute Gasteiger partial charge is 0.0991 e. The molecule has 0 nitrogen and oxygen atoms in total. The Morgan fingerprint density at radius 1 is 0.786 bits per heavy atom. The van der Waals surface area contributed by atoms with Gasteiger partial charge in [0.2, 0.25) is 0 Å². The van der Waals surface area contributed by atoms with E-state index in [4.69, 9.17) is 0 Å². The molecule has 0 aliphatic rings. The highest BCUT2D eigenvalue weighted by molar-refractivity contribution is 5.17. The summed E-state index contributed by atoms with van der Waals surface area (Å²) in [7, 11) is 0. The van der Waals surface area contributed by atoms with Gasteiger partial charge in [0.25, 0.3) is 0 Å². The Kier molecular flexibility index (Phi) is 10.6. The molecule has 75 valence electrons. The summed E-state index contributed by atoms with van der Waals surface area (Å²) < 4.78 is 0. The van der Waals surface area contributed by atoms with Crippen molar-refractivity contribution in [2.24, 2.45) is 0 Å². The molecule has 14 heavy (non-hydrogen) atoms. The van der Waals surface area contributed by atoms with Gasteiger partial charge in [0.1, 0.15) is 0 Å². The van der Waals surface area contributed by atoms with Gasteiger partial charge in [-0.15, -0.1) is 0 Å². The molecule has 0 aliphatic carbocycles. The van der Waals surface area contributed by atoms with Crippen molar-refractivity contribution in [3.8, 4) is 0 Å². The van der Waals surface area contributed by atoms with E-state index in [9.17, 15) is 0 Å². The van der Waals surface area contributed by atoms with Gasteiger partial charge in [-0.1, -0.05) is 74.6 Å². The first-order valence-corrected chi connectivity index (χ1v) is 4.98. The minimum absolute atomic E-state index is 1.01. The summed E-state index contributed by atoms with van der Waals surface area (Å²) in [6, 6.07) is 0. The van der Waals surface area contributed by atoms with Crippen LogP contribution in [0.25, 0.3) is 0 Å². The summed E-state index contributed by atoms with van der Waals surface area (Å²) in [6.45, 7) is 7.36. The standard InChI is InChI=1S/C14H19/c1-3-5-7-9-11-13-14-12-10-8-6-4-2/h3,5,7,9-14H,1-2,4,6,8H2. The van der Waals surface area contributed by atoms with Gasteiger partial charge in [-0.2, -0.15) is 0 Å². The molecule has 0 unspecified atom stereocenters. The molecule has 0 heterocycles. The molecular formula is C14H19. The number of unbranched alkanes of at least 4 members (excludes halogenated alkanes) is 2. The van der Waals surface area contributed by atoms with Crippen LogP contribution in [0.15, 0.2) is 61.3 Å². The molecule has 0 saturated heterocycles. The summed E-state index contributed by atoms with van der Waals surface area (Å²) in [5.41, 5.74) is 0. The summed E-state index contributed by atoms with van der Waals surface area (Å²) in [5, 5.41) is 0. The van der Waals surface area contributed by atoms with Crippen molar-refractivity contribution in [3.63, 3.8) is 0 Å². The Morgan fingerprint density at radius 3 is 1.93 bits per heavy atom. The predicted octanol–water partition coefficient (Wildman–Crippen LogP) is 4.40. The van der Waals surface area contributed by atoms with Crippen LogP contribution in [0.4, 0.5) is 0 Å². The fourth-order valence-corrected chi connectivity index (χ4v) is 0.836. The van der Waals surface area contributed by atoms with E-state index >= 15 is 0 Å². The summed E-state index contributed by atoms with van der Waals surface area (Å²) in [4.78, 5) is 0. The van der Waals surface area contributed by atoms with E-state index in [0.29, 0.717) is 0 Å². The smallest absolute Gasteiger partial charge is 0.0348 e. The van der Waals surface area contributed by atoms with Gasteiger partial charge in [0.15, 0.2) is 0 Å². The van der Waals surface area contributed by atoms with Crippen molar-refractivity contribution in [1.29, 1.82) is 0 Å². The van der Waals surface area contributed by atoms with Crippen LogP contribution in [0.5, 0.6) is 0 Å². The molecule has 0 spiro atoms.